The molecule has 6 nitrogen and oxygen atoms in total. The predicted molar refractivity (Wildman–Crippen MR) is 70.0 cm³/mol. The molecule has 0 bridgehead atoms. The van der Waals surface area contributed by atoms with Crippen molar-refractivity contribution in [1.82, 2.24) is 10.2 Å². The maximum atomic E-state index is 12.2. The highest BCUT2D eigenvalue weighted by atomic mass is 32.2. The minimum atomic E-state index is -0.929. The van der Waals surface area contributed by atoms with Crippen LogP contribution in [0.15, 0.2) is 0 Å². The number of carboxylic acids is 1. The molecule has 3 atom stereocenters. The van der Waals surface area contributed by atoms with E-state index in [0.29, 0.717) is 24.2 Å². The number of rotatable bonds is 3. The number of carboxylic acid groups (broad SMARTS) is 1. The van der Waals surface area contributed by atoms with Crippen LogP contribution in [0.4, 0.5) is 4.79 Å². The zero-order valence-corrected chi connectivity index (χ0v) is 11.4. The van der Waals surface area contributed by atoms with Crippen molar-refractivity contribution < 1.29 is 19.4 Å². The lowest BCUT2D eigenvalue weighted by molar-refractivity contribution is -0.140. The number of hydrogen-bond donors (Lipinski definition) is 2. The van der Waals surface area contributed by atoms with E-state index in [-0.39, 0.29) is 18.2 Å². The summed E-state index contributed by atoms with van der Waals surface area (Å²) in [6.45, 7) is 0.684. The molecule has 2 amide bonds. The number of thioether (sulfide) groups is 1. The Morgan fingerprint density at radius 3 is 2.79 bits per heavy atom. The molecule has 1 aliphatic carbocycles. The first-order valence-electron chi connectivity index (χ1n) is 6.66. The smallest absolute Gasteiger partial charge is 0.327 e. The van der Waals surface area contributed by atoms with Crippen LogP contribution in [0.5, 0.6) is 0 Å². The van der Waals surface area contributed by atoms with E-state index in [1.807, 2.05) is 0 Å². The number of amides is 2. The summed E-state index contributed by atoms with van der Waals surface area (Å²) in [7, 11) is 0. The van der Waals surface area contributed by atoms with Gasteiger partial charge in [0.05, 0.1) is 18.0 Å². The van der Waals surface area contributed by atoms with Crippen LogP contribution in [-0.4, -0.2) is 58.4 Å². The van der Waals surface area contributed by atoms with E-state index >= 15 is 0 Å². The molecule has 106 valence electrons. The van der Waals surface area contributed by atoms with Gasteiger partial charge in [-0.1, -0.05) is 0 Å². The fourth-order valence-corrected chi connectivity index (χ4v) is 3.89. The van der Waals surface area contributed by atoms with Gasteiger partial charge in [0.15, 0.2) is 0 Å². The van der Waals surface area contributed by atoms with E-state index < -0.39 is 12.0 Å². The van der Waals surface area contributed by atoms with Crippen LogP contribution in [0.3, 0.4) is 0 Å². The van der Waals surface area contributed by atoms with Crippen molar-refractivity contribution in [1.29, 1.82) is 0 Å². The molecule has 19 heavy (non-hydrogen) atoms. The number of aliphatic carboxylic acids is 1. The molecular formula is C12H18N2O4S. The second kappa shape index (κ2) is 5.20. The van der Waals surface area contributed by atoms with Gasteiger partial charge in [0.1, 0.15) is 6.04 Å². The first kappa shape index (κ1) is 13.1. The minimum absolute atomic E-state index is 0.0417. The second-order valence-corrected chi connectivity index (χ2v) is 6.34. The van der Waals surface area contributed by atoms with Gasteiger partial charge < -0.3 is 20.1 Å². The van der Waals surface area contributed by atoms with Crippen molar-refractivity contribution in [3.8, 4) is 0 Å². The van der Waals surface area contributed by atoms with E-state index in [2.05, 4.69) is 5.32 Å². The van der Waals surface area contributed by atoms with Gasteiger partial charge in [0.25, 0.3) is 0 Å². The van der Waals surface area contributed by atoms with Crippen LogP contribution in [-0.2, 0) is 9.53 Å². The molecule has 0 spiro atoms. The fourth-order valence-electron chi connectivity index (χ4n) is 2.74. The molecule has 2 aliphatic heterocycles. The van der Waals surface area contributed by atoms with Crippen LogP contribution in [0, 0.1) is 5.92 Å². The maximum Gasteiger partial charge on any atom is 0.327 e. The Kier molecular flexibility index (Phi) is 3.58. The Balaban J connectivity index is 1.59. The van der Waals surface area contributed by atoms with Gasteiger partial charge in [0.2, 0.25) is 0 Å². The van der Waals surface area contributed by atoms with Gasteiger partial charge in [-0.15, -0.1) is 11.8 Å². The predicted octanol–water partition coefficient (Wildman–Crippen LogP) is 0.723. The second-order valence-electron chi connectivity index (χ2n) is 5.34. The summed E-state index contributed by atoms with van der Waals surface area (Å²) >= 11 is 1.48. The number of hydrogen-bond acceptors (Lipinski definition) is 4. The lowest BCUT2D eigenvalue weighted by Crippen LogP contribution is -2.51. The molecule has 0 radical (unpaired) electrons. The highest BCUT2D eigenvalue weighted by molar-refractivity contribution is 7.99. The first-order chi connectivity index (χ1) is 9.16. The standard InChI is InChI=1S/C12H18N2O4S/c15-11(16)9-5-19-6-14(9)12(17)13-8-3-4-18-10(8)7-1-2-7/h7-10H,1-6H2,(H,13,17)(H,15,16). The van der Waals surface area contributed by atoms with E-state index in [0.717, 1.165) is 6.42 Å². The van der Waals surface area contributed by atoms with Crippen molar-refractivity contribution in [3.05, 3.63) is 0 Å². The Morgan fingerprint density at radius 2 is 2.11 bits per heavy atom. The van der Waals surface area contributed by atoms with Gasteiger partial charge in [-0.3, -0.25) is 0 Å². The molecule has 0 aromatic carbocycles. The van der Waals surface area contributed by atoms with Gasteiger partial charge >= 0.3 is 12.0 Å². The maximum absolute atomic E-state index is 12.2. The number of carbonyl (C=O) groups excluding carboxylic acids is 1. The third-order valence-corrected chi connectivity index (χ3v) is 4.97. The van der Waals surface area contributed by atoms with Crippen LogP contribution in [0.25, 0.3) is 0 Å². The zero-order valence-electron chi connectivity index (χ0n) is 10.6. The molecule has 1 saturated carbocycles. The number of ether oxygens (including phenoxy) is 1. The third kappa shape index (κ3) is 2.67. The summed E-state index contributed by atoms with van der Waals surface area (Å²) < 4.78 is 5.67. The third-order valence-electron chi connectivity index (χ3n) is 3.96. The molecule has 2 N–H and O–H groups in total. The molecule has 0 aromatic heterocycles. The zero-order chi connectivity index (χ0) is 13.4. The van der Waals surface area contributed by atoms with Gasteiger partial charge in [-0.2, -0.15) is 0 Å². The van der Waals surface area contributed by atoms with Gasteiger partial charge in [0, 0.05) is 12.4 Å². The molecule has 3 aliphatic rings. The Morgan fingerprint density at radius 1 is 1.32 bits per heavy atom. The summed E-state index contributed by atoms with van der Waals surface area (Å²) in [5.74, 6) is 0.568. The van der Waals surface area contributed by atoms with E-state index in [4.69, 9.17) is 9.84 Å². The van der Waals surface area contributed by atoms with E-state index in [9.17, 15) is 9.59 Å². The molecular weight excluding hydrogens is 268 g/mol. The summed E-state index contributed by atoms with van der Waals surface area (Å²) in [6.07, 6.45) is 3.30. The van der Waals surface area contributed by atoms with Crippen LogP contribution in [0.1, 0.15) is 19.3 Å². The largest absolute Gasteiger partial charge is 0.480 e. The Bertz CT molecular complexity index is 388. The summed E-state index contributed by atoms with van der Waals surface area (Å²) in [4.78, 5) is 24.7. The normalized spacial score (nSPS) is 34.5. The van der Waals surface area contributed by atoms with E-state index in [1.54, 1.807) is 0 Å². The van der Waals surface area contributed by atoms with Crippen LogP contribution in [0.2, 0.25) is 0 Å². The topological polar surface area (TPSA) is 78.9 Å². The van der Waals surface area contributed by atoms with Crippen molar-refractivity contribution >= 4 is 23.8 Å². The summed E-state index contributed by atoms with van der Waals surface area (Å²) in [6, 6.07) is -0.926. The molecule has 0 aromatic rings. The quantitative estimate of drug-likeness (QED) is 0.799. The summed E-state index contributed by atoms with van der Waals surface area (Å²) in [5.41, 5.74) is 0. The van der Waals surface area contributed by atoms with Gasteiger partial charge in [-0.25, -0.2) is 9.59 Å². The lowest BCUT2D eigenvalue weighted by atomic mass is 10.1. The lowest BCUT2D eigenvalue weighted by Gasteiger charge is -2.25. The SMILES string of the molecule is O=C(O)C1CSCN1C(=O)NC1CCOC1C1CC1. The molecule has 7 heteroatoms. The molecule has 3 fully saturated rings. The molecule has 2 heterocycles. The van der Waals surface area contributed by atoms with Gasteiger partial charge in [-0.05, 0) is 25.2 Å². The first-order valence-corrected chi connectivity index (χ1v) is 7.81. The Labute approximate surface area is 115 Å². The summed E-state index contributed by atoms with van der Waals surface area (Å²) in [5, 5.41) is 12.0. The number of nitrogens with zero attached hydrogens (tertiary/aromatic N) is 1. The van der Waals surface area contributed by atoms with E-state index in [1.165, 1.54) is 29.5 Å². The molecule has 2 saturated heterocycles. The highest BCUT2D eigenvalue weighted by Gasteiger charge is 2.43. The van der Waals surface area contributed by atoms with Crippen molar-refractivity contribution in [2.75, 3.05) is 18.2 Å². The Hall–Kier alpha value is -0.950. The van der Waals surface area contributed by atoms with Crippen molar-refractivity contribution in [2.24, 2.45) is 5.92 Å². The van der Waals surface area contributed by atoms with Crippen molar-refractivity contribution in [3.63, 3.8) is 0 Å². The number of nitrogens with one attached hydrogen (secondary N) is 1. The fraction of sp³-hybridized carbons (Fsp3) is 0.833. The highest BCUT2D eigenvalue weighted by Crippen LogP contribution is 2.38. The average molecular weight is 286 g/mol. The van der Waals surface area contributed by atoms with Crippen LogP contribution >= 0.6 is 11.8 Å². The number of carbonyl (C=O) groups is 2. The monoisotopic (exact) mass is 286 g/mol. The molecule has 3 unspecified atom stereocenters. The van der Waals surface area contributed by atoms with Crippen LogP contribution < -0.4 is 5.32 Å². The molecule has 3 rings (SSSR count). The van der Waals surface area contributed by atoms with Crippen molar-refractivity contribution in [2.45, 2.75) is 37.5 Å². The average Bonchev–Trinajstić information content (AvgIpc) is 2.92. The number of urea groups is 1. The minimum Gasteiger partial charge on any atom is -0.480 e.